The minimum atomic E-state index is -0.234. The number of hydrogen-bond acceptors (Lipinski definition) is 3. The van der Waals surface area contributed by atoms with E-state index in [0.29, 0.717) is 22.9 Å². The maximum absolute atomic E-state index is 13.6. The fourth-order valence-electron chi connectivity index (χ4n) is 2.55. The van der Waals surface area contributed by atoms with Crippen LogP contribution in [-0.4, -0.2) is 43.2 Å². The van der Waals surface area contributed by atoms with Gasteiger partial charge in [-0.2, -0.15) is 11.8 Å². The SMILES string of the molecule is CN[C@H]1CCCN(C(=O)c2ccc(F)c(CSC)c2)C1. The Labute approximate surface area is 123 Å². The molecule has 1 atom stereocenters. The Morgan fingerprint density at radius 2 is 2.35 bits per heavy atom. The Morgan fingerprint density at radius 1 is 1.55 bits per heavy atom. The number of nitrogens with zero attached hydrogens (tertiary/aromatic N) is 1. The van der Waals surface area contributed by atoms with Gasteiger partial charge in [0.25, 0.3) is 5.91 Å². The van der Waals surface area contributed by atoms with Crippen molar-refractivity contribution in [2.75, 3.05) is 26.4 Å². The van der Waals surface area contributed by atoms with E-state index in [-0.39, 0.29) is 11.7 Å². The van der Waals surface area contributed by atoms with Crippen molar-refractivity contribution < 1.29 is 9.18 Å². The smallest absolute Gasteiger partial charge is 0.253 e. The number of rotatable bonds is 4. The van der Waals surface area contributed by atoms with Crippen LogP contribution in [0.25, 0.3) is 0 Å². The van der Waals surface area contributed by atoms with Crippen LogP contribution in [-0.2, 0) is 5.75 Å². The lowest BCUT2D eigenvalue weighted by atomic mass is 10.0. The summed E-state index contributed by atoms with van der Waals surface area (Å²) in [4.78, 5) is 14.4. The highest BCUT2D eigenvalue weighted by Gasteiger charge is 2.23. The van der Waals surface area contributed by atoms with Gasteiger partial charge in [-0.3, -0.25) is 4.79 Å². The van der Waals surface area contributed by atoms with Gasteiger partial charge in [-0.25, -0.2) is 4.39 Å². The maximum atomic E-state index is 13.6. The van der Waals surface area contributed by atoms with Gasteiger partial charge in [0, 0.05) is 30.4 Å². The molecule has 0 aliphatic carbocycles. The Hall–Kier alpha value is -1.07. The molecule has 0 bridgehead atoms. The largest absolute Gasteiger partial charge is 0.337 e. The number of likely N-dealkylation sites (N-methyl/N-ethyl adjacent to an activating group) is 1. The third kappa shape index (κ3) is 3.52. The number of carbonyl (C=O) groups is 1. The number of carbonyl (C=O) groups excluding carboxylic acids is 1. The first kappa shape index (κ1) is 15.3. The van der Waals surface area contributed by atoms with E-state index in [2.05, 4.69) is 5.32 Å². The minimum Gasteiger partial charge on any atom is -0.337 e. The first-order valence-electron chi connectivity index (χ1n) is 6.89. The van der Waals surface area contributed by atoms with E-state index in [1.54, 1.807) is 23.9 Å². The van der Waals surface area contributed by atoms with Gasteiger partial charge in [0.05, 0.1) is 0 Å². The minimum absolute atomic E-state index is 0.00676. The molecule has 0 spiro atoms. The van der Waals surface area contributed by atoms with Crippen molar-refractivity contribution in [1.29, 1.82) is 0 Å². The Morgan fingerprint density at radius 3 is 3.05 bits per heavy atom. The highest BCUT2D eigenvalue weighted by Crippen LogP contribution is 2.19. The van der Waals surface area contributed by atoms with Crippen molar-refractivity contribution in [3.63, 3.8) is 0 Å². The monoisotopic (exact) mass is 296 g/mol. The molecule has 2 rings (SSSR count). The Balaban J connectivity index is 2.14. The number of thioether (sulfide) groups is 1. The van der Waals surface area contributed by atoms with Gasteiger partial charge in [-0.15, -0.1) is 0 Å². The summed E-state index contributed by atoms with van der Waals surface area (Å²) in [7, 11) is 1.92. The van der Waals surface area contributed by atoms with Crippen LogP contribution >= 0.6 is 11.8 Å². The average Bonchev–Trinajstić information content (AvgIpc) is 2.49. The number of amides is 1. The van der Waals surface area contributed by atoms with Crippen molar-refractivity contribution in [3.05, 3.63) is 35.1 Å². The predicted octanol–water partition coefficient (Wildman–Crippen LogP) is 2.51. The zero-order chi connectivity index (χ0) is 14.5. The molecule has 1 fully saturated rings. The summed E-state index contributed by atoms with van der Waals surface area (Å²) in [6.07, 6.45) is 4.04. The molecular formula is C15H21FN2OS. The van der Waals surface area contributed by atoms with E-state index in [9.17, 15) is 9.18 Å². The van der Waals surface area contributed by atoms with Crippen LogP contribution in [0.4, 0.5) is 4.39 Å². The van der Waals surface area contributed by atoms with Crippen LogP contribution in [0.15, 0.2) is 18.2 Å². The number of benzene rings is 1. The van der Waals surface area contributed by atoms with E-state index in [1.165, 1.54) is 6.07 Å². The number of nitrogens with one attached hydrogen (secondary N) is 1. The number of likely N-dealkylation sites (tertiary alicyclic amines) is 1. The van der Waals surface area contributed by atoms with Crippen LogP contribution in [0.2, 0.25) is 0 Å². The average molecular weight is 296 g/mol. The summed E-state index contributed by atoms with van der Waals surface area (Å²) in [5.41, 5.74) is 1.19. The summed E-state index contributed by atoms with van der Waals surface area (Å²) in [6.45, 7) is 1.51. The summed E-state index contributed by atoms with van der Waals surface area (Å²) >= 11 is 1.55. The van der Waals surface area contributed by atoms with E-state index in [4.69, 9.17) is 0 Å². The van der Waals surface area contributed by atoms with Gasteiger partial charge in [0.1, 0.15) is 5.82 Å². The molecule has 3 nitrogen and oxygen atoms in total. The fourth-order valence-corrected chi connectivity index (χ4v) is 3.09. The molecule has 0 radical (unpaired) electrons. The van der Waals surface area contributed by atoms with Gasteiger partial charge in [-0.1, -0.05) is 0 Å². The highest BCUT2D eigenvalue weighted by molar-refractivity contribution is 7.97. The third-order valence-corrected chi connectivity index (χ3v) is 4.31. The van der Waals surface area contributed by atoms with Crippen molar-refractivity contribution in [2.24, 2.45) is 0 Å². The van der Waals surface area contributed by atoms with Crippen LogP contribution < -0.4 is 5.32 Å². The van der Waals surface area contributed by atoms with Crippen molar-refractivity contribution in [3.8, 4) is 0 Å². The molecule has 1 aromatic carbocycles. The van der Waals surface area contributed by atoms with Crippen molar-refractivity contribution in [1.82, 2.24) is 10.2 Å². The molecule has 1 aliphatic heterocycles. The summed E-state index contributed by atoms with van der Waals surface area (Å²) in [5.74, 6) is 0.362. The van der Waals surface area contributed by atoms with Crippen molar-refractivity contribution >= 4 is 17.7 Å². The predicted molar refractivity (Wildman–Crippen MR) is 81.6 cm³/mol. The second kappa shape index (κ2) is 7.09. The molecule has 0 aromatic heterocycles. The molecule has 1 aromatic rings. The number of piperidine rings is 1. The molecule has 1 amide bonds. The molecule has 110 valence electrons. The third-order valence-electron chi connectivity index (χ3n) is 3.71. The fraction of sp³-hybridized carbons (Fsp3) is 0.533. The number of hydrogen-bond donors (Lipinski definition) is 1. The normalized spacial score (nSPS) is 19.1. The first-order chi connectivity index (χ1) is 9.65. The van der Waals surface area contributed by atoms with Gasteiger partial charge < -0.3 is 10.2 Å². The van der Waals surface area contributed by atoms with E-state index >= 15 is 0 Å². The number of halogens is 1. The van der Waals surface area contributed by atoms with E-state index in [0.717, 1.165) is 25.9 Å². The quantitative estimate of drug-likeness (QED) is 0.926. The van der Waals surface area contributed by atoms with E-state index in [1.807, 2.05) is 18.2 Å². The summed E-state index contributed by atoms with van der Waals surface area (Å²) in [5, 5.41) is 3.22. The summed E-state index contributed by atoms with van der Waals surface area (Å²) in [6, 6.07) is 5.04. The maximum Gasteiger partial charge on any atom is 0.253 e. The lowest BCUT2D eigenvalue weighted by molar-refractivity contribution is 0.0698. The molecule has 20 heavy (non-hydrogen) atoms. The van der Waals surface area contributed by atoms with Crippen molar-refractivity contribution in [2.45, 2.75) is 24.6 Å². The standard InChI is InChI=1S/C15H21FN2OS/c1-17-13-4-3-7-18(9-13)15(19)11-5-6-14(16)12(8-11)10-20-2/h5-6,8,13,17H,3-4,7,9-10H2,1-2H3/t13-/m0/s1. The van der Waals surface area contributed by atoms with Gasteiger partial charge >= 0.3 is 0 Å². The molecular weight excluding hydrogens is 275 g/mol. The lowest BCUT2D eigenvalue weighted by Crippen LogP contribution is -2.46. The van der Waals surface area contributed by atoms with Crippen LogP contribution in [0.1, 0.15) is 28.8 Å². The molecule has 1 aliphatic rings. The zero-order valence-corrected chi connectivity index (χ0v) is 12.8. The van der Waals surface area contributed by atoms with Gasteiger partial charge in [-0.05, 0) is 49.9 Å². The van der Waals surface area contributed by atoms with Crippen LogP contribution in [0.3, 0.4) is 0 Å². The van der Waals surface area contributed by atoms with Crippen LogP contribution in [0, 0.1) is 5.82 Å². The topological polar surface area (TPSA) is 32.3 Å². The second-order valence-corrected chi connectivity index (χ2v) is 5.98. The molecule has 1 saturated heterocycles. The van der Waals surface area contributed by atoms with Crippen LogP contribution in [0.5, 0.6) is 0 Å². The lowest BCUT2D eigenvalue weighted by Gasteiger charge is -2.32. The Kier molecular flexibility index (Phi) is 5.43. The zero-order valence-electron chi connectivity index (χ0n) is 12.0. The van der Waals surface area contributed by atoms with E-state index < -0.39 is 0 Å². The molecule has 0 saturated carbocycles. The summed E-state index contributed by atoms with van der Waals surface area (Å²) < 4.78 is 13.6. The van der Waals surface area contributed by atoms with Gasteiger partial charge in [0.2, 0.25) is 0 Å². The molecule has 0 unspecified atom stereocenters. The molecule has 5 heteroatoms. The first-order valence-corrected chi connectivity index (χ1v) is 8.29. The molecule has 1 N–H and O–H groups in total. The second-order valence-electron chi connectivity index (χ2n) is 5.12. The molecule has 1 heterocycles. The van der Waals surface area contributed by atoms with Gasteiger partial charge in [0.15, 0.2) is 0 Å². The highest BCUT2D eigenvalue weighted by atomic mass is 32.2. The Bertz CT molecular complexity index is 481.